The molecule has 4 nitrogen and oxygen atoms in total. The highest BCUT2D eigenvalue weighted by Gasteiger charge is 2.45. The molecule has 0 amide bonds. The number of benzene rings is 1. The fourth-order valence-corrected chi connectivity index (χ4v) is 3.24. The summed E-state index contributed by atoms with van der Waals surface area (Å²) in [6.07, 6.45) is 0.938. The first-order chi connectivity index (χ1) is 10.3. The molecule has 2 aromatic rings. The second kappa shape index (κ2) is 4.96. The molecule has 1 fully saturated rings. The molecule has 1 aromatic heterocycles. The van der Waals surface area contributed by atoms with Gasteiger partial charge in [-0.2, -0.15) is 5.26 Å². The van der Waals surface area contributed by atoms with Crippen molar-refractivity contribution < 1.29 is 4.74 Å². The SMILES string of the molecule is CC1(C)CC(Nc2ccc3cc(C#N)ccc3n2)C(C)(C)O1. The molecule has 1 aliphatic rings. The highest BCUT2D eigenvalue weighted by Crippen LogP contribution is 2.38. The minimum atomic E-state index is -0.231. The molecule has 0 spiro atoms. The van der Waals surface area contributed by atoms with E-state index >= 15 is 0 Å². The Hall–Kier alpha value is -2.12. The number of rotatable bonds is 2. The fraction of sp³-hybridized carbons (Fsp3) is 0.444. The van der Waals surface area contributed by atoms with Gasteiger partial charge >= 0.3 is 0 Å². The summed E-state index contributed by atoms with van der Waals surface area (Å²) >= 11 is 0. The van der Waals surface area contributed by atoms with Gasteiger partial charge in [0.1, 0.15) is 5.82 Å². The number of nitrogens with one attached hydrogen (secondary N) is 1. The summed E-state index contributed by atoms with van der Waals surface area (Å²) in [6.45, 7) is 8.46. The van der Waals surface area contributed by atoms with Crippen molar-refractivity contribution in [1.82, 2.24) is 4.98 Å². The van der Waals surface area contributed by atoms with Gasteiger partial charge in [-0.25, -0.2) is 4.98 Å². The molecule has 0 aliphatic carbocycles. The standard InChI is InChI=1S/C18H21N3O/c1-17(2)10-15(18(3,4)22-17)21-16-8-6-13-9-12(11-19)5-7-14(13)20-16/h5-9,15H,10H2,1-4H3,(H,20,21). The molecule has 1 unspecified atom stereocenters. The monoisotopic (exact) mass is 295 g/mol. The highest BCUT2D eigenvalue weighted by atomic mass is 16.5. The number of nitriles is 1. The van der Waals surface area contributed by atoms with E-state index in [1.165, 1.54) is 0 Å². The van der Waals surface area contributed by atoms with Gasteiger partial charge in [0.25, 0.3) is 0 Å². The molecular formula is C18H21N3O. The summed E-state index contributed by atoms with van der Waals surface area (Å²) < 4.78 is 6.11. The van der Waals surface area contributed by atoms with Crippen molar-refractivity contribution in [3.8, 4) is 6.07 Å². The van der Waals surface area contributed by atoms with Crippen molar-refractivity contribution in [1.29, 1.82) is 5.26 Å². The van der Waals surface area contributed by atoms with Crippen molar-refractivity contribution in [2.75, 3.05) is 5.32 Å². The maximum absolute atomic E-state index is 8.95. The summed E-state index contributed by atoms with van der Waals surface area (Å²) in [7, 11) is 0. The van der Waals surface area contributed by atoms with Crippen LogP contribution >= 0.6 is 0 Å². The topological polar surface area (TPSA) is 57.9 Å². The summed E-state index contributed by atoms with van der Waals surface area (Å²) in [4.78, 5) is 4.65. The molecule has 1 aliphatic heterocycles. The molecule has 2 heterocycles. The van der Waals surface area contributed by atoms with Crippen LogP contribution < -0.4 is 5.32 Å². The van der Waals surface area contributed by atoms with E-state index in [1.807, 2.05) is 24.3 Å². The Morgan fingerprint density at radius 2 is 2.00 bits per heavy atom. The highest BCUT2D eigenvalue weighted by molar-refractivity contribution is 5.81. The Kier molecular flexibility index (Phi) is 3.34. The zero-order valence-corrected chi connectivity index (χ0v) is 13.5. The van der Waals surface area contributed by atoms with Crippen LogP contribution in [0.15, 0.2) is 30.3 Å². The molecule has 1 aromatic carbocycles. The predicted octanol–water partition coefficient (Wildman–Crippen LogP) is 3.86. The van der Waals surface area contributed by atoms with Gasteiger partial charge in [0.2, 0.25) is 0 Å². The van der Waals surface area contributed by atoms with Crippen LogP contribution in [0, 0.1) is 11.3 Å². The zero-order valence-electron chi connectivity index (χ0n) is 13.5. The molecule has 1 atom stereocenters. The number of hydrogen-bond donors (Lipinski definition) is 1. The van der Waals surface area contributed by atoms with E-state index in [-0.39, 0.29) is 17.2 Å². The molecule has 114 valence electrons. The Bertz CT molecular complexity index is 759. The lowest BCUT2D eigenvalue weighted by atomic mass is 9.94. The Morgan fingerprint density at radius 1 is 1.23 bits per heavy atom. The van der Waals surface area contributed by atoms with E-state index in [2.05, 4.69) is 44.1 Å². The maximum atomic E-state index is 8.95. The second-order valence-electron chi connectivity index (χ2n) is 7.08. The molecule has 1 saturated heterocycles. The van der Waals surface area contributed by atoms with Crippen LogP contribution in [0.4, 0.5) is 5.82 Å². The number of pyridine rings is 1. The second-order valence-corrected chi connectivity index (χ2v) is 7.08. The third kappa shape index (κ3) is 2.77. The third-order valence-electron chi connectivity index (χ3n) is 4.21. The molecule has 1 N–H and O–H groups in total. The lowest BCUT2D eigenvalue weighted by Crippen LogP contribution is -2.38. The van der Waals surface area contributed by atoms with E-state index in [0.717, 1.165) is 23.1 Å². The summed E-state index contributed by atoms with van der Waals surface area (Å²) in [5.41, 5.74) is 1.19. The van der Waals surface area contributed by atoms with Crippen molar-refractivity contribution in [3.05, 3.63) is 35.9 Å². The number of hydrogen-bond acceptors (Lipinski definition) is 4. The van der Waals surface area contributed by atoms with E-state index in [1.54, 1.807) is 6.07 Å². The first kappa shape index (κ1) is 14.8. The van der Waals surface area contributed by atoms with Gasteiger partial charge in [0, 0.05) is 5.39 Å². The van der Waals surface area contributed by atoms with Crippen LogP contribution in [0.2, 0.25) is 0 Å². The van der Waals surface area contributed by atoms with Crippen LogP contribution in [-0.4, -0.2) is 22.2 Å². The van der Waals surface area contributed by atoms with Crippen LogP contribution in [-0.2, 0) is 4.74 Å². The Morgan fingerprint density at radius 3 is 2.64 bits per heavy atom. The van der Waals surface area contributed by atoms with Gasteiger partial charge in [-0.15, -0.1) is 0 Å². The number of nitrogens with zero attached hydrogens (tertiary/aromatic N) is 2. The fourth-order valence-electron chi connectivity index (χ4n) is 3.24. The lowest BCUT2D eigenvalue weighted by molar-refractivity contribution is -0.0662. The lowest BCUT2D eigenvalue weighted by Gasteiger charge is -2.28. The molecule has 0 bridgehead atoms. The van der Waals surface area contributed by atoms with E-state index in [9.17, 15) is 0 Å². The van der Waals surface area contributed by atoms with Gasteiger partial charge in [0.15, 0.2) is 0 Å². The summed E-state index contributed by atoms with van der Waals surface area (Å²) in [5, 5.41) is 13.4. The molecule has 3 rings (SSSR count). The quantitative estimate of drug-likeness (QED) is 0.914. The molecule has 0 radical (unpaired) electrons. The molecular weight excluding hydrogens is 274 g/mol. The van der Waals surface area contributed by atoms with Crippen molar-refractivity contribution in [2.24, 2.45) is 0 Å². The van der Waals surface area contributed by atoms with Crippen LogP contribution in [0.25, 0.3) is 10.9 Å². The first-order valence-corrected chi connectivity index (χ1v) is 7.57. The summed E-state index contributed by atoms with van der Waals surface area (Å²) in [5.74, 6) is 0.844. The van der Waals surface area contributed by atoms with E-state index < -0.39 is 0 Å². The largest absolute Gasteiger partial charge is 0.367 e. The Balaban J connectivity index is 1.87. The number of ether oxygens (including phenoxy) is 1. The minimum absolute atomic E-state index is 0.125. The van der Waals surface area contributed by atoms with Crippen molar-refractivity contribution >= 4 is 16.7 Å². The maximum Gasteiger partial charge on any atom is 0.126 e. The predicted molar refractivity (Wildman–Crippen MR) is 87.7 cm³/mol. The third-order valence-corrected chi connectivity index (χ3v) is 4.21. The number of aromatic nitrogens is 1. The Labute approximate surface area is 131 Å². The van der Waals surface area contributed by atoms with E-state index in [0.29, 0.717) is 5.56 Å². The van der Waals surface area contributed by atoms with Crippen molar-refractivity contribution in [2.45, 2.75) is 51.4 Å². The van der Waals surface area contributed by atoms with Crippen LogP contribution in [0.3, 0.4) is 0 Å². The average Bonchev–Trinajstić information content (AvgIpc) is 2.65. The smallest absolute Gasteiger partial charge is 0.126 e. The first-order valence-electron chi connectivity index (χ1n) is 7.57. The van der Waals surface area contributed by atoms with Gasteiger partial charge in [-0.3, -0.25) is 0 Å². The van der Waals surface area contributed by atoms with Gasteiger partial charge in [0.05, 0.1) is 34.4 Å². The average molecular weight is 295 g/mol. The van der Waals surface area contributed by atoms with Gasteiger partial charge in [-0.05, 0) is 64.4 Å². The molecule has 22 heavy (non-hydrogen) atoms. The van der Waals surface area contributed by atoms with Crippen LogP contribution in [0.1, 0.15) is 39.7 Å². The van der Waals surface area contributed by atoms with E-state index in [4.69, 9.17) is 10.00 Å². The molecule has 4 heteroatoms. The van der Waals surface area contributed by atoms with Crippen molar-refractivity contribution in [3.63, 3.8) is 0 Å². The normalized spacial score (nSPS) is 22.4. The number of anilines is 1. The van der Waals surface area contributed by atoms with Gasteiger partial charge in [-0.1, -0.05) is 0 Å². The van der Waals surface area contributed by atoms with Gasteiger partial charge < -0.3 is 10.1 Å². The summed E-state index contributed by atoms with van der Waals surface area (Å²) in [6, 6.07) is 11.9. The molecule has 0 saturated carbocycles. The van der Waals surface area contributed by atoms with Crippen LogP contribution in [0.5, 0.6) is 0 Å². The number of fused-ring (bicyclic) bond motifs is 1. The zero-order chi connectivity index (χ0) is 16.0. The minimum Gasteiger partial charge on any atom is -0.367 e.